The van der Waals surface area contributed by atoms with Crippen molar-refractivity contribution in [2.75, 3.05) is 0 Å². The Hall–Kier alpha value is -1.41. The molecule has 3 heteroatoms. The molecule has 88 valence electrons. The summed E-state index contributed by atoms with van der Waals surface area (Å²) in [6, 6.07) is 9.95. The van der Waals surface area contributed by atoms with Crippen LogP contribution in [-0.4, -0.2) is 9.97 Å². The summed E-state index contributed by atoms with van der Waals surface area (Å²) < 4.78 is 0. The van der Waals surface area contributed by atoms with Crippen LogP contribution in [0.2, 0.25) is 5.15 Å². The van der Waals surface area contributed by atoms with Gasteiger partial charge in [-0.3, -0.25) is 0 Å². The van der Waals surface area contributed by atoms with Crippen molar-refractivity contribution in [3.63, 3.8) is 0 Å². The van der Waals surface area contributed by atoms with Gasteiger partial charge in [-0.25, -0.2) is 9.97 Å². The van der Waals surface area contributed by atoms with Gasteiger partial charge in [0, 0.05) is 11.3 Å². The Labute approximate surface area is 107 Å². The molecule has 0 unspecified atom stereocenters. The summed E-state index contributed by atoms with van der Waals surface area (Å²) in [5, 5.41) is 0.500. The Morgan fingerprint density at radius 2 is 1.88 bits per heavy atom. The molecule has 0 bridgehead atoms. The van der Waals surface area contributed by atoms with E-state index in [2.05, 4.69) is 42.9 Å². The molecule has 0 saturated carbocycles. The van der Waals surface area contributed by atoms with Gasteiger partial charge in [-0.15, -0.1) is 0 Å². The summed E-state index contributed by atoms with van der Waals surface area (Å²) in [6.45, 7) is 6.24. The van der Waals surface area contributed by atoms with Gasteiger partial charge in [0.25, 0.3) is 0 Å². The zero-order chi connectivity index (χ0) is 12.4. The van der Waals surface area contributed by atoms with Crippen LogP contribution in [0.4, 0.5) is 0 Å². The first-order valence-electron chi connectivity index (χ1n) is 5.68. The van der Waals surface area contributed by atoms with Gasteiger partial charge in [0.05, 0.1) is 0 Å². The summed E-state index contributed by atoms with van der Waals surface area (Å²) in [6.07, 6.45) is 0. The molecule has 1 aromatic heterocycles. The third-order valence-corrected chi connectivity index (χ3v) is 2.78. The number of nitrogens with zero attached hydrogens (tertiary/aromatic N) is 2. The lowest BCUT2D eigenvalue weighted by atomic mass is 10.1. The van der Waals surface area contributed by atoms with Gasteiger partial charge in [-0.1, -0.05) is 49.2 Å². The van der Waals surface area contributed by atoms with E-state index in [1.807, 2.05) is 18.2 Å². The maximum Gasteiger partial charge on any atom is 0.161 e. The SMILES string of the molecule is Cc1cccc(-c2nc(Cl)cc(C(C)C)n2)c1. The highest BCUT2D eigenvalue weighted by atomic mass is 35.5. The van der Waals surface area contributed by atoms with Crippen molar-refractivity contribution < 1.29 is 0 Å². The molecule has 2 aromatic rings. The topological polar surface area (TPSA) is 25.8 Å². The summed E-state index contributed by atoms with van der Waals surface area (Å²) >= 11 is 6.03. The van der Waals surface area contributed by atoms with Gasteiger partial charge in [-0.2, -0.15) is 0 Å². The smallest absolute Gasteiger partial charge is 0.161 e. The van der Waals surface area contributed by atoms with Gasteiger partial charge < -0.3 is 0 Å². The van der Waals surface area contributed by atoms with Crippen LogP contribution in [0.3, 0.4) is 0 Å². The molecular weight excluding hydrogens is 232 g/mol. The molecule has 0 aliphatic rings. The number of hydrogen-bond donors (Lipinski definition) is 0. The maximum absolute atomic E-state index is 6.03. The number of halogens is 1. The average Bonchev–Trinajstić information content (AvgIpc) is 2.28. The van der Waals surface area contributed by atoms with Gasteiger partial charge in [0.1, 0.15) is 5.15 Å². The molecule has 1 heterocycles. The third kappa shape index (κ3) is 2.83. The third-order valence-electron chi connectivity index (χ3n) is 2.58. The fraction of sp³-hybridized carbons (Fsp3) is 0.286. The molecule has 1 aromatic carbocycles. The molecule has 2 nitrogen and oxygen atoms in total. The molecule has 0 aliphatic carbocycles. The average molecular weight is 247 g/mol. The van der Waals surface area contributed by atoms with Crippen LogP contribution >= 0.6 is 11.6 Å². The number of benzene rings is 1. The predicted molar refractivity (Wildman–Crippen MR) is 71.3 cm³/mol. The number of rotatable bonds is 2. The largest absolute Gasteiger partial charge is 0.233 e. The first kappa shape index (κ1) is 12.1. The quantitative estimate of drug-likeness (QED) is 0.741. The molecule has 0 saturated heterocycles. The van der Waals surface area contributed by atoms with Crippen LogP contribution in [-0.2, 0) is 0 Å². The van der Waals surface area contributed by atoms with E-state index >= 15 is 0 Å². The second-order valence-corrected chi connectivity index (χ2v) is 4.85. The van der Waals surface area contributed by atoms with Gasteiger partial charge in [0.15, 0.2) is 5.82 Å². The van der Waals surface area contributed by atoms with Crippen LogP contribution in [0.25, 0.3) is 11.4 Å². The van der Waals surface area contributed by atoms with Gasteiger partial charge in [0.2, 0.25) is 0 Å². The molecule has 0 N–H and O–H groups in total. The standard InChI is InChI=1S/C14H15ClN2/c1-9(2)12-8-13(15)17-14(16-12)11-6-4-5-10(3)7-11/h4-9H,1-3H3. The summed E-state index contributed by atoms with van der Waals surface area (Å²) in [5.41, 5.74) is 3.17. The van der Waals surface area contributed by atoms with Crippen molar-refractivity contribution in [3.05, 3.63) is 46.7 Å². The fourth-order valence-corrected chi connectivity index (χ4v) is 1.84. The number of hydrogen-bond acceptors (Lipinski definition) is 2. The minimum absolute atomic E-state index is 0.346. The summed E-state index contributed by atoms with van der Waals surface area (Å²) in [7, 11) is 0. The Morgan fingerprint density at radius 3 is 2.53 bits per heavy atom. The molecular formula is C14H15ClN2. The van der Waals surface area contributed by atoms with Crippen LogP contribution in [0.1, 0.15) is 31.0 Å². The highest BCUT2D eigenvalue weighted by Gasteiger charge is 2.08. The zero-order valence-electron chi connectivity index (χ0n) is 10.2. The molecule has 0 spiro atoms. The molecule has 0 atom stereocenters. The van der Waals surface area contributed by atoms with E-state index in [0.717, 1.165) is 11.3 Å². The molecule has 2 rings (SSSR count). The van der Waals surface area contributed by atoms with Crippen molar-refractivity contribution in [1.29, 1.82) is 0 Å². The minimum Gasteiger partial charge on any atom is -0.233 e. The van der Waals surface area contributed by atoms with E-state index in [0.29, 0.717) is 16.9 Å². The number of aryl methyl sites for hydroxylation is 1. The molecule has 0 fully saturated rings. The highest BCUT2D eigenvalue weighted by Crippen LogP contribution is 2.22. The van der Waals surface area contributed by atoms with Crippen molar-refractivity contribution in [1.82, 2.24) is 9.97 Å². The Bertz CT molecular complexity index is 535. The molecule has 0 radical (unpaired) electrons. The Morgan fingerprint density at radius 1 is 1.12 bits per heavy atom. The van der Waals surface area contributed by atoms with Crippen LogP contribution in [0, 0.1) is 6.92 Å². The highest BCUT2D eigenvalue weighted by molar-refractivity contribution is 6.29. The monoisotopic (exact) mass is 246 g/mol. The number of aromatic nitrogens is 2. The van der Waals surface area contributed by atoms with Crippen molar-refractivity contribution in [2.24, 2.45) is 0 Å². The Kier molecular flexibility index (Phi) is 3.43. The van der Waals surface area contributed by atoms with Crippen LogP contribution in [0.15, 0.2) is 30.3 Å². The van der Waals surface area contributed by atoms with Gasteiger partial charge >= 0.3 is 0 Å². The fourth-order valence-electron chi connectivity index (χ4n) is 1.64. The second kappa shape index (κ2) is 4.84. The van der Waals surface area contributed by atoms with Gasteiger partial charge in [-0.05, 0) is 25.0 Å². The van der Waals surface area contributed by atoms with Crippen molar-refractivity contribution in [3.8, 4) is 11.4 Å². The van der Waals surface area contributed by atoms with E-state index < -0.39 is 0 Å². The van der Waals surface area contributed by atoms with E-state index in [1.165, 1.54) is 5.56 Å². The first-order valence-corrected chi connectivity index (χ1v) is 6.05. The molecule has 0 amide bonds. The normalized spacial score (nSPS) is 10.9. The first-order chi connectivity index (χ1) is 8.06. The predicted octanol–water partition coefficient (Wildman–Crippen LogP) is 4.23. The zero-order valence-corrected chi connectivity index (χ0v) is 11.0. The molecule has 0 aliphatic heterocycles. The van der Waals surface area contributed by atoms with Crippen molar-refractivity contribution in [2.45, 2.75) is 26.7 Å². The maximum atomic E-state index is 6.03. The Balaban J connectivity index is 2.52. The van der Waals surface area contributed by atoms with E-state index in [1.54, 1.807) is 0 Å². The summed E-state index contributed by atoms with van der Waals surface area (Å²) in [4.78, 5) is 8.83. The van der Waals surface area contributed by atoms with E-state index in [-0.39, 0.29) is 0 Å². The van der Waals surface area contributed by atoms with E-state index in [9.17, 15) is 0 Å². The summed E-state index contributed by atoms with van der Waals surface area (Å²) in [5.74, 6) is 1.05. The van der Waals surface area contributed by atoms with Crippen LogP contribution in [0.5, 0.6) is 0 Å². The minimum atomic E-state index is 0.346. The second-order valence-electron chi connectivity index (χ2n) is 4.46. The van der Waals surface area contributed by atoms with Crippen LogP contribution < -0.4 is 0 Å². The van der Waals surface area contributed by atoms with E-state index in [4.69, 9.17) is 11.6 Å². The van der Waals surface area contributed by atoms with Crippen molar-refractivity contribution >= 4 is 11.6 Å². The molecule has 17 heavy (non-hydrogen) atoms. The lowest BCUT2D eigenvalue weighted by Gasteiger charge is -2.08. The lowest BCUT2D eigenvalue weighted by molar-refractivity contribution is 0.817. The lowest BCUT2D eigenvalue weighted by Crippen LogP contribution is -1.98.